The summed E-state index contributed by atoms with van der Waals surface area (Å²) < 4.78 is 7.36. The maximum Gasteiger partial charge on any atom is 0.224 e. The predicted octanol–water partition coefficient (Wildman–Crippen LogP) is 2.70. The lowest BCUT2D eigenvalue weighted by Gasteiger charge is -2.21. The van der Waals surface area contributed by atoms with E-state index >= 15 is 0 Å². The molecule has 1 unspecified atom stereocenters. The van der Waals surface area contributed by atoms with Crippen LogP contribution in [0.3, 0.4) is 0 Å². The SMILES string of the molecule is COc1cccc(N(C)c2ccnc(N[C@@H]3CC(Cn4ccnc4)C[C@H]3O)n2)c1. The first kappa shape index (κ1) is 19.2. The van der Waals surface area contributed by atoms with E-state index in [1.807, 2.05) is 54.8 Å². The summed E-state index contributed by atoms with van der Waals surface area (Å²) in [7, 11) is 3.60. The van der Waals surface area contributed by atoms with Gasteiger partial charge in [0, 0.05) is 43.9 Å². The van der Waals surface area contributed by atoms with E-state index < -0.39 is 6.10 Å². The number of imidazole rings is 1. The molecule has 0 amide bonds. The summed E-state index contributed by atoms with van der Waals surface area (Å²) in [6.45, 7) is 0.856. The highest BCUT2D eigenvalue weighted by molar-refractivity contribution is 5.61. The van der Waals surface area contributed by atoms with Gasteiger partial charge in [0.1, 0.15) is 11.6 Å². The number of aromatic nitrogens is 4. The lowest BCUT2D eigenvalue weighted by molar-refractivity contribution is 0.166. The predicted molar refractivity (Wildman–Crippen MR) is 111 cm³/mol. The van der Waals surface area contributed by atoms with E-state index in [9.17, 15) is 5.11 Å². The molecule has 1 aliphatic carbocycles. The number of hydrogen-bond donors (Lipinski definition) is 2. The van der Waals surface area contributed by atoms with Crippen molar-refractivity contribution >= 4 is 17.5 Å². The summed E-state index contributed by atoms with van der Waals surface area (Å²) in [5.74, 6) is 2.46. The van der Waals surface area contributed by atoms with Crippen molar-refractivity contribution in [3.63, 3.8) is 0 Å². The Bertz CT molecular complexity index is 932. The average Bonchev–Trinajstić information content (AvgIpc) is 3.37. The minimum atomic E-state index is -0.424. The number of nitrogens with zero attached hydrogens (tertiary/aromatic N) is 5. The van der Waals surface area contributed by atoms with Gasteiger partial charge in [-0.3, -0.25) is 0 Å². The van der Waals surface area contributed by atoms with Crippen molar-refractivity contribution in [2.75, 3.05) is 24.4 Å². The highest BCUT2D eigenvalue weighted by atomic mass is 16.5. The van der Waals surface area contributed by atoms with Crippen LogP contribution in [-0.2, 0) is 6.54 Å². The van der Waals surface area contributed by atoms with E-state index in [4.69, 9.17) is 4.74 Å². The van der Waals surface area contributed by atoms with Crippen LogP contribution in [0, 0.1) is 5.92 Å². The molecule has 29 heavy (non-hydrogen) atoms. The average molecular weight is 394 g/mol. The molecule has 8 heteroatoms. The van der Waals surface area contributed by atoms with Gasteiger partial charge in [-0.1, -0.05) is 6.07 Å². The smallest absolute Gasteiger partial charge is 0.224 e. The summed E-state index contributed by atoms with van der Waals surface area (Å²) in [5, 5.41) is 13.8. The fraction of sp³-hybridized carbons (Fsp3) is 0.381. The fourth-order valence-corrected chi connectivity index (χ4v) is 3.84. The zero-order chi connectivity index (χ0) is 20.2. The number of hydrogen-bond acceptors (Lipinski definition) is 7. The van der Waals surface area contributed by atoms with Gasteiger partial charge < -0.3 is 24.6 Å². The summed E-state index contributed by atoms with van der Waals surface area (Å²) in [5.41, 5.74) is 0.968. The highest BCUT2D eigenvalue weighted by Crippen LogP contribution is 2.30. The lowest BCUT2D eigenvalue weighted by Crippen LogP contribution is -2.29. The van der Waals surface area contributed by atoms with Gasteiger partial charge in [-0.2, -0.15) is 4.98 Å². The van der Waals surface area contributed by atoms with Gasteiger partial charge in [-0.05, 0) is 37.0 Å². The number of aliphatic hydroxyl groups is 1. The van der Waals surface area contributed by atoms with Crippen molar-refractivity contribution in [1.29, 1.82) is 0 Å². The third-order valence-electron chi connectivity index (χ3n) is 5.39. The van der Waals surface area contributed by atoms with Gasteiger partial charge in [-0.25, -0.2) is 9.97 Å². The van der Waals surface area contributed by atoms with Gasteiger partial charge in [-0.15, -0.1) is 0 Å². The molecule has 3 aromatic rings. The van der Waals surface area contributed by atoms with Gasteiger partial charge in [0.15, 0.2) is 0 Å². The Morgan fingerprint density at radius 3 is 2.97 bits per heavy atom. The van der Waals surface area contributed by atoms with Crippen LogP contribution in [0.15, 0.2) is 55.2 Å². The van der Waals surface area contributed by atoms with Crippen LogP contribution >= 0.6 is 0 Å². The first-order chi connectivity index (χ1) is 14.1. The molecule has 152 valence electrons. The molecule has 3 atom stereocenters. The Morgan fingerprint density at radius 1 is 1.28 bits per heavy atom. The maximum absolute atomic E-state index is 10.5. The first-order valence-electron chi connectivity index (χ1n) is 9.73. The van der Waals surface area contributed by atoms with Gasteiger partial charge in [0.25, 0.3) is 0 Å². The Labute approximate surface area is 170 Å². The van der Waals surface area contributed by atoms with E-state index in [1.54, 1.807) is 19.5 Å². The van der Waals surface area contributed by atoms with Crippen LogP contribution in [0.5, 0.6) is 5.75 Å². The molecule has 2 aromatic heterocycles. The monoisotopic (exact) mass is 394 g/mol. The van der Waals surface area contributed by atoms with Gasteiger partial charge >= 0.3 is 0 Å². The number of anilines is 3. The zero-order valence-electron chi connectivity index (χ0n) is 16.6. The zero-order valence-corrected chi connectivity index (χ0v) is 16.6. The second kappa shape index (κ2) is 8.48. The molecule has 4 rings (SSSR count). The van der Waals surface area contributed by atoms with Crippen molar-refractivity contribution < 1.29 is 9.84 Å². The second-order valence-electron chi connectivity index (χ2n) is 7.41. The number of nitrogens with one attached hydrogen (secondary N) is 1. The molecular formula is C21H26N6O2. The second-order valence-corrected chi connectivity index (χ2v) is 7.41. The molecule has 1 aliphatic rings. The van der Waals surface area contributed by atoms with Gasteiger partial charge in [0.05, 0.1) is 25.6 Å². The Kier molecular flexibility index (Phi) is 5.62. The molecule has 0 bridgehead atoms. The van der Waals surface area contributed by atoms with Crippen molar-refractivity contribution in [3.8, 4) is 5.75 Å². The molecular weight excluding hydrogens is 368 g/mol. The van der Waals surface area contributed by atoms with E-state index in [2.05, 4.69) is 24.8 Å². The topological polar surface area (TPSA) is 88.3 Å². The minimum Gasteiger partial charge on any atom is -0.497 e. The third-order valence-corrected chi connectivity index (χ3v) is 5.39. The molecule has 2 N–H and O–H groups in total. The van der Waals surface area contributed by atoms with Crippen molar-refractivity contribution in [2.24, 2.45) is 5.92 Å². The Hall–Kier alpha value is -3.13. The molecule has 0 spiro atoms. The quantitative estimate of drug-likeness (QED) is 0.637. The highest BCUT2D eigenvalue weighted by Gasteiger charge is 2.33. The number of benzene rings is 1. The van der Waals surface area contributed by atoms with Crippen LogP contribution < -0.4 is 15.0 Å². The number of methoxy groups -OCH3 is 1. The van der Waals surface area contributed by atoms with E-state index in [0.29, 0.717) is 11.9 Å². The summed E-state index contributed by atoms with van der Waals surface area (Å²) >= 11 is 0. The number of rotatable bonds is 7. The minimum absolute atomic E-state index is 0.0686. The molecule has 0 radical (unpaired) electrons. The van der Waals surface area contributed by atoms with Crippen LogP contribution in [0.1, 0.15) is 12.8 Å². The summed E-state index contributed by atoms with van der Waals surface area (Å²) in [4.78, 5) is 15.0. The van der Waals surface area contributed by atoms with Gasteiger partial charge in [0.2, 0.25) is 5.95 Å². The fourth-order valence-electron chi connectivity index (χ4n) is 3.84. The molecule has 1 aromatic carbocycles. The lowest BCUT2D eigenvalue weighted by atomic mass is 10.1. The molecule has 8 nitrogen and oxygen atoms in total. The van der Waals surface area contributed by atoms with Crippen LogP contribution in [-0.4, -0.2) is 50.9 Å². The molecule has 2 heterocycles. The third kappa shape index (κ3) is 4.48. The van der Waals surface area contributed by atoms with Crippen molar-refractivity contribution in [1.82, 2.24) is 19.5 Å². The summed E-state index contributed by atoms with van der Waals surface area (Å²) in [6.07, 6.45) is 8.46. The molecule has 1 fully saturated rings. The number of aliphatic hydroxyl groups excluding tert-OH is 1. The normalized spacial score (nSPS) is 21.1. The number of ether oxygens (including phenoxy) is 1. The first-order valence-corrected chi connectivity index (χ1v) is 9.73. The van der Waals surface area contributed by atoms with E-state index in [0.717, 1.165) is 36.6 Å². The van der Waals surface area contributed by atoms with E-state index in [1.165, 1.54) is 0 Å². The summed E-state index contributed by atoms with van der Waals surface area (Å²) in [6, 6.07) is 9.60. The molecule has 0 saturated heterocycles. The van der Waals surface area contributed by atoms with Crippen molar-refractivity contribution in [2.45, 2.75) is 31.5 Å². The molecule has 0 aliphatic heterocycles. The maximum atomic E-state index is 10.5. The largest absolute Gasteiger partial charge is 0.497 e. The van der Waals surface area contributed by atoms with Crippen LogP contribution in [0.25, 0.3) is 0 Å². The van der Waals surface area contributed by atoms with E-state index in [-0.39, 0.29) is 6.04 Å². The van der Waals surface area contributed by atoms with Crippen LogP contribution in [0.4, 0.5) is 17.5 Å². The van der Waals surface area contributed by atoms with Crippen LogP contribution in [0.2, 0.25) is 0 Å². The molecule has 1 saturated carbocycles. The Morgan fingerprint density at radius 2 is 2.17 bits per heavy atom. The standard InChI is InChI=1S/C21H26N6O2/c1-26(16-4-3-5-17(12-16)29-2)20-6-7-23-21(25-20)24-18-10-15(11-19(18)28)13-27-9-8-22-14-27/h3-9,12,14-15,18-19,28H,10-11,13H2,1-2H3,(H,23,24,25)/t15?,18-,19-/m1/s1. The Balaban J connectivity index is 1.43. The van der Waals surface area contributed by atoms with Crippen molar-refractivity contribution in [3.05, 3.63) is 55.2 Å².